The summed E-state index contributed by atoms with van der Waals surface area (Å²) < 4.78 is 0. The van der Waals surface area contributed by atoms with Crippen molar-refractivity contribution in [2.45, 2.75) is 19.8 Å². The molecule has 104 valence electrons. The minimum absolute atomic E-state index is 0.148. The summed E-state index contributed by atoms with van der Waals surface area (Å²) in [4.78, 5) is 28.1. The van der Waals surface area contributed by atoms with Crippen LogP contribution in [0.15, 0.2) is 5.38 Å². The summed E-state index contributed by atoms with van der Waals surface area (Å²) in [6.45, 7) is 3.54. The Kier molecular flexibility index (Phi) is 4.36. The average Bonchev–Trinajstić information content (AvgIpc) is 2.83. The summed E-state index contributed by atoms with van der Waals surface area (Å²) in [5, 5.41) is 14.3. The third kappa shape index (κ3) is 3.66. The fourth-order valence-electron chi connectivity index (χ4n) is 2.12. The predicted octanol–water partition coefficient (Wildman–Crippen LogP) is 1.57. The second-order valence-corrected chi connectivity index (χ2v) is 5.74. The molecule has 0 aromatic carbocycles. The lowest BCUT2D eigenvalue weighted by Crippen LogP contribution is -2.40. The summed E-state index contributed by atoms with van der Waals surface area (Å²) in [6, 6.07) is 0. The summed E-state index contributed by atoms with van der Waals surface area (Å²) in [7, 11) is 0. The minimum atomic E-state index is -0.861. The van der Waals surface area contributed by atoms with Gasteiger partial charge >= 0.3 is 6.09 Å². The van der Waals surface area contributed by atoms with Crippen LogP contribution in [0.5, 0.6) is 0 Å². The van der Waals surface area contributed by atoms with E-state index in [1.807, 2.05) is 6.92 Å². The number of amides is 2. The quantitative estimate of drug-likeness (QED) is 0.882. The Bertz CT molecular complexity index is 467. The molecule has 1 aromatic rings. The van der Waals surface area contributed by atoms with E-state index >= 15 is 0 Å². The SMILES string of the molecule is Cc1nc(C(=O)NCC2CCN(C(=O)O)CC2)cs1. The second kappa shape index (κ2) is 6.01. The maximum absolute atomic E-state index is 11.8. The Morgan fingerprint density at radius 1 is 1.53 bits per heavy atom. The van der Waals surface area contributed by atoms with E-state index in [9.17, 15) is 9.59 Å². The van der Waals surface area contributed by atoms with Crippen LogP contribution in [-0.4, -0.2) is 46.6 Å². The molecule has 2 heterocycles. The lowest BCUT2D eigenvalue weighted by Gasteiger charge is -2.29. The average molecular weight is 283 g/mol. The first-order chi connectivity index (χ1) is 9.06. The summed E-state index contributed by atoms with van der Waals surface area (Å²) in [5.41, 5.74) is 0.463. The molecule has 2 rings (SSSR count). The first kappa shape index (κ1) is 13.8. The van der Waals surface area contributed by atoms with E-state index in [0.29, 0.717) is 31.2 Å². The standard InChI is InChI=1S/C12H17N3O3S/c1-8-14-10(7-19-8)11(16)13-6-9-2-4-15(5-3-9)12(17)18/h7,9H,2-6H2,1H3,(H,13,16)(H,17,18). The van der Waals surface area contributed by atoms with Gasteiger partial charge in [0.15, 0.2) is 0 Å². The Hall–Kier alpha value is -1.63. The highest BCUT2D eigenvalue weighted by Crippen LogP contribution is 2.16. The minimum Gasteiger partial charge on any atom is -0.465 e. The normalized spacial score (nSPS) is 16.4. The number of likely N-dealkylation sites (tertiary alicyclic amines) is 1. The number of hydrogen-bond donors (Lipinski definition) is 2. The number of aryl methyl sites for hydroxylation is 1. The molecule has 6 nitrogen and oxygen atoms in total. The van der Waals surface area contributed by atoms with Gasteiger partial charge < -0.3 is 15.3 Å². The monoisotopic (exact) mass is 283 g/mol. The third-order valence-electron chi connectivity index (χ3n) is 3.29. The lowest BCUT2D eigenvalue weighted by atomic mass is 9.97. The van der Waals surface area contributed by atoms with Gasteiger partial charge in [-0.05, 0) is 25.7 Å². The van der Waals surface area contributed by atoms with Gasteiger partial charge in [0.2, 0.25) is 0 Å². The van der Waals surface area contributed by atoms with Crippen molar-refractivity contribution in [1.82, 2.24) is 15.2 Å². The van der Waals surface area contributed by atoms with Gasteiger partial charge in [-0.25, -0.2) is 9.78 Å². The number of nitrogens with zero attached hydrogens (tertiary/aromatic N) is 2. The molecule has 0 unspecified atom stereocenters. The molecule has 1 aliphatic heterocycles. The van der Waals surface area contributed by atoms with E-state index in [-0.39, 0.29) is 5.91 Å². The molecule has 1 aliphatic rings. The zero-order chi connectivity index (χ0) is 13.8. The van der Waals surface area contributed by atoms with Gasteiger partial charge in [-0.3, -0.25) is 4.79 Å². The second-order valence-electron chi connectivity index (χ2n) is 4.67. The van der Waals surface area contributed by atoms with E-state index in [2.05, 4.69) is 10.3 Å². The van der Waals surface area contributed by atoms with Crippen LogP contribution in [0.25, 0.3) is 0 Å². The van der Waals surface area contributed by atoms with E-state index in [0.717, 1.165) is 17.8 Å². The molecule has 0 radical (unpaired) electrons. The first-order valence-electron chi connectivity index (χ1n) is 6.24. The van der Waals surface area contributed by atoms with Crippen molar-refractivity contribution >= 4 is 23.3 Å². The van der Waals surface area contributed by atoms with Gasteiger partial charge in [0, 0.05) is 25.0 Å². The first-order valence-corrected chi connectivity index (χ1v) is 7.12. The largest absolute Gasteiger partial charge is 0.465 e. The van der Waals surface area contributed by atoms with Crippen molar-refractivity contribution in [3.05, 3.63) is 16.1 Å². The van der Waals surface area contributed by atoms with Crippen molar-refractivity contribution in [3.8, 4) is 0 Å². The van der Waals surface area contributed by atoms with E-state index in [4.69, 9.17) is 5.11 Å². The summed E-state index contributed by atoms with van der Waals surface area (Å²) in [5.74, 6) is 0.198. The Labute approximate surface area is 115 Å². The maximum Gasteiger partial charge on any atom is 0.407 e. The molecule has 2 N–H and O–H groups in total. The van der Waals surface area contributed by atoms with Crippen LogP contribution in [-0.2, 0) is 0 Å². The number of carbonyl (C=O) groups is 2. The van der Waals surface area contributed by atoms with Crippen LogP contribution < -0.4 is 5.32 Å². The zero-order valence-electron chi connectivity index (χ0n) is 10.8. The molecular weight excluding hydrogens is 266 g/mol. The summed E-state index contributed by atoms with van der Waals surface area (Å²) in [6.07, 6.45) is 0.728. The van der Waals surface area contributed by atoms with Crippen molar-refractivity contribution < 1.29 is 14.7 Å². The third-order valence-corrected chi connectivity index (χ3v) is 4.06. The van der Waals surface area contributed by atoms with Gasteiger partial charge in [0.05, 0.1) is 5.01 Å². The van der Waals surface area contributed by atoms with Crippen LogP contribution in [0.1, 0.15) is 28.3 Å². The van der Waals surface area contributed by atoms with Crippen molar-refractivity contribution in [1.29, 1.82) is 0 Å². The molecule has 0 spiro atoms. The van der Waals surface area contributed by atoms with Crippen molar-refractivity contribution in [2.24, 2.45) is 5.92 Å². The van der Waals surface area contributed by atoms with E-state index in [1.54, 1.807) is 5.38 Å². The molecule has 19 heavy (non-hydrogen) atoms. The number of aromatic nitrogens is 1. The van der Waals surface area contributed by atoms with Gasteiger partial charge in [-0.2, -0.15) is 0 Å². The molecule has 1 saturated heterocycles. The van der Waals surface area contributed by atoms with Crippen molar-refractivity contribution in [2.75, 3.05) is 19.6 Å². The molecule has 0 aliphatic carbocycles. The molecule has 0 atom stereocenters. The molecule has 2 amide bonds. The number of rotatable bonds is 3. The van der Waals surface area contributed by atoms with Crippen LogP contribution >= 0.6 is 11.3 Å². The van der Waals surface area contributed by atoms with Crippen molar-refractivity contribution in [3.63, 3.8) is 0 Å². The highest BCUT2D eigenvalue weighted by Gasteiger charge is 2.22. The topological polar surface area (TPSA) is 82.5 Å². The molecule has 0 saturated carbocycles. The number of carboxylic acid groups (broad SMARTS) is 1. The Morgan fingerprint density at radius 2 is 2.21 bits per heavy atom. The van der Waals surface area contributed by atoms with E-state index in [1.165, 1.54) is 16.2 Å². The lowest BCUT2D eigenvalue weighted by molar-refractivity contribution is 0.0924. The van der Waals surface area contributed by atoms with Gasteiger partial charge in [-0.1, -0.05) is 0 Å². The molecular formula is C12H17N3O3S. The predicted molar refractivity (Wildman–Crippen MR) is 71.5 cm³/mol. The summed E-state index contributed by atoms with van der Waals surface area (Å²) >= 11 is 1.45. The number of nitrogens with one attached hydrogen (secondary N) is 1. The maximum atomic E-state index is 11.8. The van der Waals surface area contributed by atoms with Crippen LogP contribution in [0, 0.1) is 12.8 Å². The Morgan fingerprint density at radius 3 is 2.74 bits per heavy atom. The zero-order valence-corrected chi connectivity index (χ0v) is 11.6. The highest BCUT2D eigenvalue weighted by molar-refractivity contribution is 7.09. The number of piperidine rings is 1. The van der Waals surface area contributed by atoms with Gasteiger partial charge in [-0.15, -0.1) is 11.3 Å². The number of carbonyl (C=O) groups excluding carboxylic acids is 1. The van der Waals surface area contributed by atoms with Crippen LogP contribution in [0.4, 0.5) is 4.79 Å². The van der Waals surface area contributed by atoms with Gasteiger partial charge in [0.1, 0.15) is 5.69 Å². The van der Waals surface area contributed by atoms with Crippen LogP contribution in [0.2, 0.25) is 0 Å². The van der Waals surface area contributed by atoms with Gasteiger partial charge in [0.25, 0.3) is 5.91 Å². The molecule has 1 aromatic heterocycles. The van der Waals surface area contributed by atoms with Crippen LogP contribution in [0.3, 0.4) is 0 Å². The fourth-order valence-corrected chi connectivity index (χ4v) is 2.72. The molecule has 1 fully saturated rings. The number of hydrogen-bond acceptors (Lipinski definition) is 4. The highest BCUT2D eigenvalue weighted by atomic mass is 32.1. The molecule has 7 heteroatoms. The fraction of sp³-hybridized carbons (Fsp3) is 0.583. The number of thiazole rings is 1. The Balaban J connectivity index is 1.75. The smallest absolute Gasteiger partial charge is 0.407 e. The van der Waals surface area contributed by atoms with E-state index < -0.39 is 6.09 Å². The molecule has 0 bridgehead atoms.